The van der Waals surface area contributed by atoms with E-state index < -0.39 is 0 Å². The molecule has 7 heteroatoms. The van der Waals surface area contributed by atoms with Crippen molar-refractivity contribution in [3.05, 3.63) is 243 Å². The van der Waals surface area contributed by atoms with Crippen molar-refractivity contribution < 1.29 is 37.3 Å². The van der Waals surface area contributed by atoms with Crippen LogP contribution in [0.25, 0.3) is 0 Å². The van der Waals surface area contributed by atoms with E-state index >= 15 is 0 Å². The van der Waals surface area contributed by atoms with E-state index in [0.717, 1.165) is 0 Å². The van der Waals surface area contributed by atoms with Gasteiger partial charge >= 0.3 is 20.1 Å². The quantitative estimate of drug-likeness (QED) is 0.106. The summed E-state index contributed by atoms with van der Waals surface area (Å²) in [5, 5.41) is 11.8. The van der Waals surface area contributed by atoms with Gasteiger partial charge < -0.3 is 12.4 Å². The van der Waals surface area contributed by atoms with E-state index in [1.807, 2.05) is 0 Å². The summed E-state index contributed by atoms with van der Waals surface area (Å²) in [6.45, 7) is 4.50. The average molecular weight is 1050 g/mol. The van der Waals surface area contributed by atoms with Crippen molar-refractivity contribution in [2.45, 2.75) is 0 Å². The molecule has 0 aliphatic rings. The molecular formula is C53H48ClIrOP4. The molecule has 0 saturated carbocycles. The summed E-state index contributed by atoms with van der Waals surface area (Å²) in [7, 11) is -1.39. The van der Waals surface area contributed by atoms with E-state index in [0.29, 0.717) is 0 Å². The molecule has 0 spiro atoms. The van der Waals surface area contributed by atoms with Gasteiger partial charge in [-0.05, 0) is 98.8 Å². The Morgan fingerprint density at radius 2 is 0.333 bits per heavy atom. The van der Waals surface area contributed by atoms with Crippen LogP contribution in [0.3, 0.4) is 0 Å². The predicted molar refractivity (Wildman–Crippen MR) is 261 cm³/mol. The van der Waals surface area contributed by atoms with Gasteiger partial charge in [0.1, 0.15) is 0 Å². The topological polar surface area (TPSA) is 17.1 Å². The fraction of sp³-hybridized carbons (Fsp3) is 0.0755. The van der Waals surface area contributed by atoms with Gasteiger partial charge in [-0.1, -0.05) is 243 Å². The van der Waals surface area contributed by atoms with Crippen molar-refractivity contribution in [3.8, 4) is 0 Å². The molecule has 302 valence electrons. The normalized spacial score (nSPS) is 10.4. The molecule has 60 heavy (non-hydrogen) atoms. The molecule has 0 aromatic heterocycles. The summed E-state index contributed by atoms with van der Waals surface area (Å²) >= 11 is 0. The monoisotopic (exact) mass is 1050 g/mol. The molecule has 8 aromatic rings. The van der Waals surface area contributed by atoms with Gasteiger partial charge in [-0.2, -0.15) is 0 Å². The summed E-state index contributed by atoms with van der Waals surface area (Å²) in [5.74, 6) is 0. The molecule has 2 radical (unpaired) electrons. The number of carbonyl (C=O) groups excluding carboxylic acids is 1. The molecule has 0 heterocycles. The van der Waals surface area contributed by atoms with Crippen LogP contribution in [0, 0.1) is 0 Å². The molecule has 0 bridgehead atoms. The first kappa shape index (κ1) is 48.8. The van der Waals surface area contributed by atoms with E-state index in [2.05, 4.69) is 249 Å². The van der Waals surface area contributed by atoms with Crippen molar-refractivity contribution in [3.63, 3.8) is 0 Å². The number of benzene rings is 8. The van der Waals surface area contributed by atoms with Gasteiger partial charge in [-0.15, -0.1) is 0 Å². The minimum absolute atomic E-state index is 0. The Labute approximate surface area is 382 Å². The standard InChI is InChI=1S/2C26H24P2.CO.ClH.Ir/c2*1-5-13-23(14-6-1)27(24-15-7-2-8-16-24)21-22-28(25-17-9-3-10-18-25)26-19-11-4-12-20-26;1-2;;/h2*1-20H,21-22H2;;1H;/q;;;;+1/p-1. The maximum atomic E-state index is 7.50. The minimum atomic E-state index is -0.348. The van der Waals surface area contributed by atoms with Gasteiger partial charge in [0.2, 0.25) is 0 Å². The zero-order valence-electron chi connectivity index (χ0n) is 33.3. The number of rotatable bonds is 14. The van der Waals surface area contributed by atoms with Gasteiger partial charge in [-0.25, -0.2) is 0 Å². The largest absolute Gasteiger partial charge is 1.00 e. The van der Waals surface area contributed by atoms with E-state index in [9.17, 15) is 0 Å². The van der Waals surface area contributed by atoms with Crippen LogP contribution in [-0.4, -0.2) is 31.4 Å². The van der Waals surface area contributed by atoms with Gasteiger partial charge in [0, 0.05) is 0 Å². The SMILES string of the molecule is [C]=O.[Cl-].[Ir+].c1ccc(P(CCP(c2ccccc2)c2ccccc2)c2ccccc2)cc1.c1ccc(P(CCP(c2ccccc2)c2ccccc2)c2ccccc2)cc1. The molecule has 0 aliphatic carbocycles. The van der Waals surface area contributed by atoms with Gasteiger partial charge in [-0.3, -0.25) is 4.79 Å². The van der Waals surface area contributed by atoms with Crippen LogP contribution in [0.15, 0.2) is 243 Å². The molecule has 8 aromatic carbocycles. The second-order valence-corrected chi connectivity index (χ2v) is 22.6. The third-order valence-corrected chi connectivity index (χ3v) is 20.4. The van der Waals surface area contributed by atoms with Crippen LogP contribution >= 0.6 is 31.7 Å². The zero-order chi connectivity index (χ0) is 40.0. The smallest absolute Gasteiger partial charge is 1.00 e. The molecule has 0 unspecified atom stereocenters. The average Bonchev–Trinajstić information content (AvgIpc) is 3.32. The van der Waals surface area contributed by atoms with Gasteiger partial charge in [0.05, 0.1) is 0 Å². The first-order chi connectivity index (χ1) is 28.8. The summed E-state index contributed by atoms with van der Waals surface area (Å²) in [6, 6.07) is 88.4. The van der Waals surface area contributed by atoms with E-state index in [1.165, 1.54) is 67.1 Å². The summed E-state index contributed by atoms with van der Waals surface area (Å²) in [5.41, 5.74) is 0. The summed E-state index contributed by atoms with van der Waals surface area (Å²) < 4.78 is 0. The van der Waals surface area contributed by atoms with Gasteiger partial charge in [0.25, 0.3) is 6.79 Å². The maximum absolute atomic E-state index is 7.50. The van der Waals surface area contributed by atoms with E-state index in [1.54, 1.807) is 0 Å². The second-order valence-electron chi connectivity index (χ2n) is 13.3. The van der Waals surface area contributed by atoms with Crippen LogP contribution in [0.1, 0.15) is 0 Å². The Balaban J connectivity index is 0.000000246. The zero-order valence-corrected chi connectivity index (χ0v) is 40.1. The third-order valence-electron chi connectivity index (χ3n) is 9.64. The second kappa shape index (κ2) is 27.8. The molecule has 0 fully saturated rings. The Kier molecular flexibility index (Phi) is 22.6. The minimum Gasteiger partial charge on any atom is -1.00 e. The fourth-order valence-electron chi connectivity index (χ4n) is 6.89. The molecule has 0 amide bonds. The van der Waals surface area contributed by atoms with Crippen LogP contribution < -0.4 is 54.8 Å². The molecular weight excluding hydrogens is 1000 g/mol. The number of halogens is 1. The molecule has 1 nitrogen and oxygen atoms in total. The van der Waals surface area contributed by atoms with Crippen molar-refractivity contribution >= 4 is 80.9 Å². The van der Waals surface area contributed by atoms with Gasteiger partial charge in [0.15, 0.2) is 0 Å². The summed E-state index contributed by atoms with van der Waals surface area (Å²) in [4.78, 5) is 7.50. The van der Waals surface area contributed by atoms with E-state index in [-0.39, 0.29) is 64.2 Å². The molecule has 8 rings (SSSR count). The molecule has 0 saturated heterocycles. The van der Waals surface area contributed by atoms with Crippen molar-refractivity contribution in [2.24, 2.45) is 0 Å². The number of hydrogen-bond acceptors (Lipinski definition) is 1. The summed E-state index contributed by atoms with van der Waals surface area (Å²) in [6.07, 6.45) is 4.83. The van der Waals surface area contributed by atoms with E-state index in [4.69, 9.17) is 4.79 Å². The van der Waals surface area contributed by atoms with Crippen LogP contribution in [0.2, 0.25) is 0 Å². The predicted octanol–water partition coefficient (Wildman–Crippen LogP) is 7.11. The first-order valence-electron chi connectivity index (χ1n) is 19.5. The molecule has 0 aliphatic heterocycles. The first-order valence-corrected chi connectivity index (χ1v) is 25.7. The number of hydrogen-bond donors (Lipinski definition) is 0. The molecule has 0 N–H and O–H groups in total. The Bertz CT molecular complexity index is 1790. The molecule has 0 atom stereocenters. The van der Waals surface area contributed by atoms with Crippen molar-refractivity contribution in [1.82, 2.24) is 0 Å². The van der Waals surface area contributed by atoms with Crippen molar-refractivity contribution in [1.29, 1.82) is 0 Å². The fourth-order valence-corrected chi connectivity index (χ4v) is 17.6. The Hall–Kier alpha value is -3.91. The van der Waals surface area contributed by atoms with Crippen LogP contribution in [-0.2, 0) is 24.9 Å². The third kappa shape index (κ3) is 14.6. The Morgan fingerprint density at radius 3 is 0.433 bits per heavy atom. The Morgan fingerprint density at radius 1 is 0.233 bits per heavy atom. The van der Waals surface area contributed by atoms with Crippen molar-refractivity contribution in [2.75, 3.05) is 24.6 Å². The maximum Gasteiger partial charge on any atom is 1.00 e. The van der Waals surface area contributed by atoms with Crippen LogP contribution in [0.5, 0.6) is 0 Å². The van der Waals surface area contributed by atoms with Crippen LogP contribution in [0.4, 0.5) is 0 Å².